The minimum atomic E-state index is -2.71. The molecule has 0 spiro atoms. The molecule has 0 aliphatic carbocycles. The van der Waals surface area contributed by atoms with E-state index in [4.69, 9.17) is 0 Å². The maximum absolute atomic E-state index is 12.3. The molecule has 7 heteroatoms. The first-order valence-corrected chi connectivity index (χ1v) is 4.09. The van der Waals surface area contributed by atoms with Gasteiger partial charge in [0, 0.05) is 6.54 Å². The molecular weight excluding hydrogens is 200 g/mol. The van der Waals surface area contributed by atoms with E-state index in [0.717, 1.165) is 4.90 Å². The third-order valence-electron chi connectivity index (χ3n) is 1.70. The molecule has 1 heterocycles. The van der Waals surface area contributed by atoms with Gasteiger partial charge in [0.1, 0.15) is 0 Å². The fourth-order valence-corrected chi connectivity index (χ4v) is 1.39. The molecule has 1 rings (SSSR count). The Labute approximate surface area is 79.4 Å². The van der Waals surface area contributed by atoms with Crippen LogP contribution < -0.4 is 5.43 Å². The van der Waals surface area contributed by atoms with Gasteiger partial charge in [-0.3, -0.25) is 10.2 Å². The smallest absolute Gasteiger partial charge is 0.297 e. The Morgan fingerprint density at radius 3 is 2.85 bits per heavy atom. The van der Waals surface area contributed by atoms with E-state index in [1.54, 1.807) is 6.92 Å². The van der Waals surface area contributed by atoms with E-state index >= 15 is 0 Å². The molecular formula is C6H9F2N3OS. The number of hydrogen-bond acceptors (Lipinski definition) is 5. The van der Waals surface area contributed by atoms with Crippen molar-refractivity contribution < 1.29 is 13.6 Å². The van der Waals surface area contributed by atoms with E-state index < -0.39 is 17.3 Å². The van der Waals surface area contributed by atoms with E-state index in [1.807, 2.05) is 0 Å². The molecule has 1 unspecified atom stereocenters. The molecule has 0 saturated carbocycles. The van der Waals surface area contributed by atoms with Crippen LogP contribution in [0.2, 0.25) is 0 Å². The van der Waals surface area contributed by atoms with Crippen LogP contribution in [0, 0.1) is 0 Å². The van der Waals surface area contributed by atoms with Crippen LogP contribution in [0.5, 0.6) is 0 Å². The summed E-state index contributed by atoms with van der Waals surface area (Å²) in [6, 6.07) is 0. The van der Waals surface area contributed by atoms with E-state index in [2.05, 4.69) is 23.2 Å². The summed E-state index contributed by atoms with van der Waals surface area (Å²) in [4.78, 5) is 10.2. The van der Waals surface area contributed by atoms with Gasteiger partial charge in [-0.25, -0.2) is 8.78 Å². The summed E-state index contributed by atoms with van der Waals surface area (Å²) < 4.78 is 24.6. The number of thiol groups is 1. The molecule has 0 aromatic rings. The van der Waals surface area contributed by atoms with E-state index in [-0.39, 0.29) is 6.54 Å². The zero-order chi connectivity index (χ0) is 10.1. The lowest BCUT2D eigenvalue weighted by molar-refractivity contribution is -0.113. The van der Waals surface area contributed by atoms with Gasteiger partial charge in [-0.1, -0.05) is 0 Å². The van der Waals surface area contributed by atoms with Crippen LogP contribution in [0.4, 0.5) is 8.78 Å². The quantitative estimate of drug-likeness (QED) is 0.518. The summed E-state index contributed by atoms with van der Waals surface area (Å²) >= 11 is 3.91. The number of hydrazone groups is 1. The maximum Gasteiger partial charge on any atom is 0.297 e. The van der Waals surface area contributed by atoms with Gasteiger partial charge in [0.25, 0.3) is 6.43 Å². The summed E-state index contributed by atoms with van der Waals surface area (Å²) in [5.41, 5.74) is 2.25. The topological polar surface area (TPSA) is 44.7 Å². The van der Waals surface area contributed by atoms with Crippen molar-refractivity contribution in [3.05, 3.63) is 0 Å². The summed E-state index contributed by atoms with van der Waals surface area (Å²) in [5, 5.41) is 3.35. The minimum absolute atomic E-state index is 0.235. The van der Waals surface area contributed by atoms with Crippen LogP contribution in [0.3, 0.4) is 0 Å². The maximum atomic E-state index is 12.3. The number of rotatable bonds is 3. The molecule has 0 amide bonds. The SMILES string of the molecule is CCN1C(C(F)F)=NNC1(S)C=O. The Morgan fingerprint density at radius 2 is 2.46 bits per heavy atom. The minimum Gasteiger partial charge on any atom is -0.316 e. The van der Waals surface area contributed by atoms with Crippen molar-refractivity contribution in [3.8, 4) is 0 Å². The van der Waals surface area contributed by atoms with Crippen LogP contribution in [-0.2, 0) is 4.79 Å². The second kappa shape index (κ2) is 3.49. The van der Waals surface area contributed by atoms with Crippen LogP contribution in [0.25, 0.3) is 0 Å². The largest absolute Gasteiger partial charge is 0.316 e. The van der Waals surface area contributed by atoms with E-state index in [0.29, 0.717) is 6.29 Å². The molecule has 0 radical (unpaired) electrons. The molecule has 0 bridgehead atoms. The number of nitrogens with one attached hydrogen (secondary N) is 1. The van der Waals surface area contributed by atoms with E-state index in [1.165, 1.54) is 0 Å². The standard InChI is InChI=1S/C6H9F2N3OS/c1-2-11-5(4(7)8)9-10-6(11,13)3-12/h3-4,10,13H,2H2,1H3. The predicted octanol–water partition coefficient (Wildman–Crippen LogP) is 0.273. The van der Waals surface area contributed by atoms with Crippen LogP contribution in [-0.4, -0.2) is 35.0 Å². The first-order valence-electron chi connectivity index (χ1n) is 3.64. The van der Waals surface area contributed by atoms with Gasteiger partial charge in [-0.15, -0.1) is 12.6 Å². The number of amidine groups is 1. The highest BCUT2D eigenvalue weighted by Gasteiger charge is 2.42. The van der Waals surface area contributed by atoms with Crippen LogP contribution in [0.1, 0.15) is 6.92 Å². The zero-order valence-electron chi connectivity index (χ0n) is 6.87. The van der Waals surface area contributed by atoms with Gasteiger partial charge in [0.05, 0.1) is 0 Å². The molecule has 1 N–H and O–H groups in total. The van der Waals surface area contributed by atoms with Gasteiger partial charge < -0.3 is 4.90 Å². The molecule has 13 heavy (non-hydrogen) atoms. The van der Waals surface area contributed by atoms with Crippen molar-refractivity contribution in [1.29, 1.82) is 0 Å². The first-order chi connectivity index (χ1) is 6.05. The van der Waals surface area contributed by atoms with Crippen molar-refractivity contribution in [3.63, 3.8) is 0 Å². The third-order valence-corrected chi connectivity index (χ3v) is 2.15. The molecule has 0 saturated heterocycles. The lowest BCUT2D eigenvalue weighted by Gasteiger charge is -2.29. The highest BCUT2D eigenvalue weighted by Crippen LogP contribution is 2.22. The fraction of sp³-hybridized carbons (Fsp3) is 0.667. The Kier molecular flexibility index (Phi) is 2.74. The van der Waals surface area contributed by atoms with Crippen molar-refractivity contribution >= 4 is 24.8 Å². The number of nitrogens with zero attached hydrogens (tertiary/aromatic N) is 2. The molecule has 4 nitrogen and oxygen atoms in total. The Bertz CT molecular complexity index is 248. The monoisotopic (exact) mass is 209 g/mol. The van der Waals surface area contributed by atoms with Crippen LogP contribution >= 0.6 is 12.6 Å². The third kappa shape index (κ3) is 1.60. The van der Waals surface area contributed by atoms with Gasteiger partial charge in [0.15, 0.2) is 12.1 Å². The highest BCUT2D eigenvalue weighted by molar-refractivity contribution is 7.82. The second-order valence-corrected chi connectivity index (χ2v) is 3.15. The number of alkyl halides is 2. The number of halogens is 2. The number of carbonyl (C=O) groups is 1. The number of aldehydes is 1. The number of likely N-dealkylation sites (N-methyl/N-ethyl adjacent to an activating group) is 1. The number of hydrogen-bond donors (Lipinski definition) is 2. The highest BCUT2D eigenvalue weighted by atomic mass is 32.1. The average Bonchev–Trinajstić information content (AvgIpc) is 2.43. The van der Waals surface area contributed by atoms with Crippen LogP contribution in [0.15, 0.2) is 5.10 Å². The van der Waals surface area contributed by atoms with E-state index in [9.17, 15) is 13.6 Å². The van der Waals surface area contributed by atoms with Gasteiger partial charge in [-0.05, 0) is 6.92 Å². The molecule has 0 aromatic heterocycles. The van der Waals surface area contributed by atoms with Gasteiger partial charge >= 0.3 is 0 Å². The zero-order valence-corrected chi connectivity index (χ0v) is 7.76. The van der Waals surface area contributed by atoms with Crippen molar-refractivity contribution in [2.75, 3.05) is 6.54 Å². The molecule has 74 valence electrons. The first kappa shape index (κ1) is 10.2. The molecule has 1 aliphatic heterocycles. The van der Waals surface area contributed by atoms with Gasteiger partial charge in [0.2, 0.25) is 4.99 Å². The molecule has 1 atom stereocenters. The Balaban J connectivity index is 2.88. The van der Waals surface area contributed by atoms with Crippen molar-refractivity contribution in [1.82, 2.24) is 10.3 Å². The van der Waals surface area contributed by atoms with Gasteiger partial charge in [-0.2, -0.15) is 5.10 Å². The average molecular weight is 209 g/mol. The molecule has 0 aromatic carbocycles. The van der Waals surface area contributed by atoms with Crippen molar-refractivity contribution in [2.45, 2.75) is 18.3 Å². The Morgan fingerprint density at radius 1 is 1.85 bits per heavy atom. The lowest BCUT2D eigenvalue weighted by atomic mass is 10.4. The normalized spacial score (nSPS) is 27.5. The summed E-state index contributed by atoms with van der Waals surface area (Å²) in [6.45, 7) is 1.87. The summed E-state index contributed by atoms with van der Waals surface area (Å²) in [7, 11) is 0. The van der Waals surface area contributed by atoms with Crippen molar-refractivity contribution in [2.24, 2.45) is 5.10 Å². The molecule has 0 fully saturated rings. The second-order valence-electron chi connectivity index (χ2n) is 2.47. The molecule has 1 aliphatic rings. The summed E-state index contributed by atoms with van der Waals surface area (Å²) in [5.74, 6) is -0.454. The Hall–Kier alpha value is -0.850. The summed E-state index contributed by atoms with van der Waals surface area (Å²) in [6.07, 6.45) is -2.28. The predicted molar refractivity (Wildman–Crippen MR) is 46.7 cm³/mol. The lowest BCUT2D eigenvalue weighted by Crippen LogP contribution is -2.52. The number of carbonyl (C=O) groups excluding carboxylic acids is 1. The fourth-order valence-electron chi connectivity index (χ4n) is 1.09.